The lowest BCUT2D eigenvalue weighted by Crippen LogP contribution is -2.08. The van der Waals surface area contributed by atoms with Crippen molar-refractivity contribution in [3.8, 4) is 5.75 Å². The van der Waals surface area contributed by atoms with Crippen LogP contribution in [0.5, 0.6) is 5.75 Å². The van der Waals surface area contributed by atoms with E-state index in [0.717, 1.165) is 6.42 Å². The van der Waals surface area contributed by atoms with E-state index < -0.39 is 5.82 Å². The Morgan fingerprint density at radius 3 is 2.75 bits per heavy atom. The minimum absolute atomic E-state index is 0.153. The zero-order chi connectivity index (χ0) is 9.14. The third-order valence-electron chi connectivity index (χ3n) is 1.84. The Morgan fingerprint density at radius 2 is 2.25 bits per heavy atom. The molecule has 0 aromatic heterocycles. The number of benzene rings is 1. The quantitative estimate of drug-likeness (QED) is 0.710. The Bertz CT molecular complexity index is 275. The van der Waals surface area contributed by atoms with Crippen LogP contribution in [-0.2, 0) is 0 Å². The van der Waals surface area contributed by atoms with Crippen LogP contribution in [0.4, 0.5) is 4.39 Å². The summed E-state index contributed by atoms with van der Waals surface area (Å²) in [5, 5.41) is 8.88. The highest BCUT2D eigenvalue weighted by molar-refractivity contribution is 5.29. The number of phenols is 1. The van der Waals surface area contributed by atoms with Crippen LogP contribution in [0.25, 0.3) is 0 Å². The van der Waals surface area contributed by atoms with Gasteiger partial charge in [0.15, 0.2) is 11.6 Å². The molecule has 0 aliphatic rings. The van der Waals surface area contributed by atoms with Crippen LogP contribution in [-0.4, -0.2) is 5.11 Å². The van der Waals surface area contributed by atoms with E-state index in [-0.39, 0.29) is 11.8 Å². The van der Waals surface area contributed by atoms with Crippen molar-refractivity contribution in [1.82, 2.24) is 0 Å². The summed E-state index contributed by atoms with van der Waals surface area (Å²) in [5.41, 5.74) is 6.38. The van der Waals surface area contributed by atoms with Crippen molar-refractivity contribution >= 4 is 0 Å². The second kappa shape index (κ2) is 3.54. The molecule has 0 radical (unpaired) electrons. The summed E-state index contributed by atoms with van der Waals surface area (Å²) in [6.07, 6.45) is 0.754. The molecule has 1 rings (SSSR count). The fourth-order valence-electron chi connectivity index (χ4n) is 0.989. The molecule has 3 N–H and O–H groups in total. The van der Waals surface area contributed by atoms with E-state index in [4.69, 9.17) is 10.8 Å². The summed E-state index contributed by atoms with van der Waals surface area (Å²) in [6.45, 7) is 1.93. The van der Waals surface area contributed by atoms with Gasteiger partial charge in [-0.05, 0) is 24.1 Å². The van der Waals surface area contributed by atoms with Gasteiger partial charge in [0.25, 0.3) is 0 Å². The Balaban J connectivity index is 2.96. The molecule has 0 unspecified atom stereocenters. The minimum Gasteiger partial charge on any atom is -0.505 e. The van der Waals surface area contributed by atoms with E-state index in [2.05, 4.69) is 0 Å². The number of nitrogens with two attached hydrogens (primary N) is 1. The first-order valence-electron chi connectivity index (χ1n) is 3.89. The van der Waals surface area contributed by atoms with Gasteiger partial charge < -0.3 is 10.8 Å². The molecule has 0 aliphatic heterocycles. The number of halogens is 1. The average molecular weight is 169 g/mol. The molecule has 0 aliphatic carbocycles. The van der Waals surface area contributed by atoms with Gasteiger partial charge in [0.05, 0.1) is 0 Å². The molecular weight excluding hydrogens is 157 g/mol. The lowest BCUT2D eigenvalue weighted by molar-refractivity contribution is 0.431. The summed E-state index contributed by atoms with van der Waals surface area (Å²) >= 11 is 0. The molecule has 3 heteroatoms. The van der Waals surface area contributed by atoms with E-state index in [1.54, 1.807) is 6.07 Å². The molecule has 0 saturated carbocycles. The van der Waals surface area contributed by atoms with E-state index in [9.17, 15) is 4.39 Å². The maximum Gasteiger partial charge on any atom is 0.165 e. The Hall–Kier alpha value is -1.09. The maximum atomic E-state index is 12.8. The van der Waals surface area contributed by atoms with E-state index in [1.807, 2.05) is 6.92 Å². The Labute approximate surface area is 70.8 Å². The molecular formula is C9H12FNO. The van der Waals surface area contributed by atoms with Crippen molar-refractivity contribution in [2.24, 2.45) is 5.73 Å². The van der Waals surface area contributed by atoms with Gasteiger partial charge in [0.2, 0.25) is 0 Å². The molecule has 0 amide bonds. The normalized spacial score (nSPS) is 12.9. The van der Waals surface area contributed by atoms with Crippen LogP contribution in [0.3, 0.4) is 0 Å². The summed E-state index contributed by atoms with van der Waals surface area (Å²) in [7, 11) is 0. The smallest absolute Gasteiger partial charge is 0.165 e. The Morgan fingerprint density at radius 1 is 1.58 bits per heavy atom. The van der Waals surface area contributed by atoms with Gasteiger partial charge in [0.1, 0.15) is 0 Å². The third-order valence-corrected chi connectivity index (χ3v) is 1.84. The minimum atomic E-state index is -0.614. The van der Waals surface area contributed by atoms with Crippen molar-refractivity contribution in [1.29, 1.82) is 0 Å². The largest absolute Gasteiger partial charge is 0.505 e. The molecule has 2 nitrogen and oxygen atoms in total. The van der Waals surface area contributed by atoms with Crippen molar-refractivity contribution < 1.29 is 9.50 Å². The molecule has 66 valence electrons. The monoisotopic (exact) mass is 169 g/mol. The van der Waals surface area contributed by atoms with E-state index in [0.29, 0.717) is 5.56 Å². The van der Waals surface area contributed by atoms with Crippen molar-refractivity contribution in [3.05, 3.63) is 29.6 Å². The Kier molecular flexibility index (Phi) is 2.65. The third kappa shape index (κ3) is 1.74. The van der Waals surface area contributed by atoms with Crippen molar-refractivity contribution in [2.45, 2.75) is 19.4 Å². The first kappa shape index (κ1) is 9.00. The van der Waals surface area contributed by atoms with Crippen molar-refractivity contribution in [3.63, 3.8) is 0 Å². The van der Waals surface area contributed by atoms with E-state index in [1.165, 1.54) is 12.1 Å². The van der Waals surface area contributed by atoms with Gasteiger partial charge in [-0.3, -0.25) is 0 Å². The average Bonchev–Trinajstić information content (AvgIpc) is 2.08. The van der Waals surface area contributed by atoms with Crippen molar-refractivity contribution in [2.75, 3.05) is 0 Å². The molecule has 0 bridgehead atoms. The topological polar surface area (TPSA) is 46.2 Å². The van der Waals surface area contributed by atoms with Crippen LogP contribution in [0.2, 0.25) is 0 Å². The van der Waals surface area contributed by atoms with Gasteiger partial charge in [-0.1, -0.05) is 13.0 Å². The molecule has 0 spiro atoms. The number of phenolic OH excluding ortho intramolecular Hbond substituents is 1. The highest BCUT2D eigenvalue weighted by Gasteiger charge is 2.06. The lowest BCUT2D eigenvalue weighted by Gasteiger charge is -2.08. The predicted octanol–water partition coefficient (Wildman–Crippen LogP) is 1.94. The number of rotatable bonds is 2. The number of aromatic hydroxyl groups is 1. The van der Waals surface area contributed by atoms with Crippen LogP contribution >= 0.6 is 0 Å². The second-order valence-corrected chi connectivity index (χ2v) is 2.73. The standard InChI is InChI=1S/C9H12FNO/c1-2-8(11)6-3-4-9(12)7(10)5-6/h3-5,8,12H,2,11H2,1H3/t8-/m0/s1. The fraction of sp³-hybridized carbons (Fsp3) is 0.333. The van der Waals surface area contributed by atoms with Gasteiger partial charge in [-0.15, -0.1) is 0 Å². The maximum absolute atomic E-state index is 12.8. The summed E-state index contributed by atoms with van der Waals surface area (Å²) in [6, 6.07) is 4.07. The highest BCUT2D eigenvalue weighted by atomic mass is 19.1. The van der Waals surface area contributed by atoms with Crippen LogP contribution < -0.4 is 5.73 Å². The van der Waals surface area contributed by atoms with Gasteiger partial charge in [-0.2, -0.15) is 0 Å². The summed E-state index contributed by atoms with van der Waals surface area (Å²) in [4.78, 5) is 0. The van der Waals surface area contributed by atoms with Crippen LogP contribution in [0.15, 0.2) is 18.2 Å². The molecule has 1 atom stereocenters. The summed E-state index contributed by atoms with van der Waals surface area (Å²) in [5.74, 6) is -0.946. The van der Waals surface area contributed by atoms with Gasteiger partial charge >= 0.3 is 0 Å². The highest BCUT2D eigenvalue weighted by Crippen LogP contribution is 2.20. The van der Waals surface area contributed by atoms with Crippen LogP contribution in [0, 0.1) is 5.82 Å². The summed E-state index contributed by atoms with van der Waals surface area (Å²) < 4.78 is 12.8. The number of hydrogen-bond acceptors (Lipinski definition) is 2. The molecule has 12 heavy (non-hydrogen) atoms. The first-order valence-corrected chi connectivity index (χ1v) is 3.89. The molecule has 0 fully saturated rings. The van der Waals surface area contributed by atoms with Gasteiger partial charge in [0, 0.05) is 6.04 Å². The zero-order valence-electron chi connectivity index (χ0n) is 6.92. The van der Waals surface area contributed by atoms with Crippen LogP contribution in [0.1, 0.15) is 24.9 Å². The van der Waals surface area contributed by atoms with E-state index >= 15 is 0 Å². The molecule has 0 heterocycles. The number of hydrogen-bond donors (Lipinski definition) is 2. The lowest BCUT2D eigenvalue weighted by atomic mass is 10.1. The fourth-order valence-corrected chi connectivity index (χ4v) is 0.989. The second-order valence-electron chi connectivity index (χ2n) is 2.73. The molecule has 1 aromatic rings. The SMILES string of the molecule is CC[C@H](N)c1ccc(O)c(F)c1. The first-order chi connectivity index (χ1) is 5.65. The zero-order valence-corrected chi connectivity index (χ0v) is 6.92. The predicted molar refractivity (Wildman–Crippen MR) is 45.3 cm³/mol. The van der Waals surface area contributed by atoms with Gasteiger partial charge in [-0.25, -0.2) is 4.39 Å². The molecule has 1 aromatic carbocycles. The molecule has 0 saturated heterocycles.